The Morgan fingerprint density at radius 2 is 1.73 bits per heavy atom. The highest BCUT2D eigenvalue weighted by molar-refractivity contribution is 6.08. The number of likely N-dealkylation sites (N-methyl/N-ethyl adjacent to an activating group) is 1. The summed E-state index contributed by atoms with van der Waals surface area (Å²) in [5, 5.41) is 0. The molecule has 7 rings (SSSR count). The number of aromatic nitrogens is 2. The van der Waals surface area contributed by atoms with Gasteiger partial charge in [0.25, 0.3) is 0 Å². The van der Waals surface area contributed by atoms with Gasteiger partial charge in [0, 0.05) is 49.4 Å². The summed E-state index contributed by atoms with van der Waals surface area (Å²) in [5.41, 5.74) is 7.17. The molecule has 3 spiro atoms. The van der Waals surface area contributed by atoms with Crippen molar-refractivity contribution in [3.05, 3.63) is 23.0 Å². The number of rotatable bonds is 6. The highest BCUT2D eigenvalue weighted by atomic mass is 16.7. The minimum atomic E-state index is -0.762. The average Bonchev–Trinajstić information content (AvgIpc) is 3.40. The van der Waals surface area contributed by atoms with E-state index >= 15 is 0 Å². The molecule has 2 saturated carbocycles. The third-order valence-electron chi connectivity index (χ3n) is 11.7. The molecule has 3 atom stereocenters. The number of ketones is 1. The van der Waals surface area contributed by atoms with E-state index in [2.05, 4.69) is 23.8 Å². The van der Waals surface area contributed by atoms with E-state index in [4.69, 9.17) is 34.6 Å². The SMILES string of the molecule is C[C@H](Oc1nc(C(=O)C2=C(N)[C@]3(CCCCC34OCCO4)CCC2)cc(N2CCN(C(=O)OC(C)(C)C)C3(CC3)C2)n1)[C@@H]1CCCN1C. The van der Waals surface area contributed by atoms with Gasteiger partial charge >= 0.3 is 12.1 Å². The molecule has 3 saturated heterocycles. The molecule has 264 valence electrons. The van der Waals surface area contributed by atoms with Crippen molar-refractivity contribution in [2.24, 2.45) is 11.1 Å². The number of ether oxygens (including phenoxy) is 4. The number of nitrogens with two attached hydrogens (primary N) is 1. The van der Waals surface area contributed by atoms with Crippen molar-refractivity contribution in [1.82, 2.24) is 19.8 Å². The maximum atomic E-state index is 14.6. The van der Waals surface area contributed by atoms with Crippen LogP contribution in [0, 0.1) is 5.41 Å². The average molecular weight is 667 g/mol. The van der Waals surface area contributed by atoms with Gasteiger partial charge in [-0.05, 0) is 99.1 Å². The molecule has 1 amide bonds. The molecule has 5 fully saturated rings. The number of hydrogen-bond donors (Lipinski definition) is 1. The van der Waals surface area contributed by atoms with E-state index in [9.17, 15) is 9.59 Å². The lowest BCUT2D eigenvalue weighted by Crippen LogP contribution is -2.58. The lowest BCUT2D eigenvalue weighted by Gasteiger charge is -2.52. The van der Waals surface area contributed by atoms with Crippen molar-refractivity contribution in [1.29, 1.82) is 0 Å². The van der Waals surface area contributed by atoms with E-state index in [-0.39, 0.29) is 41.3 Å². The molecule has 0 aromatic carbocycles. The molecule has 1 aromatic heterocycles. The van der Waals surface area contributed by atoms with Crippen molar-refractivity contribution in [2.45, 2.75) is 127 Å². The van der Waals surface area contributed by atoms with Gasteiger partial charge in [0.05, 0.1) is 24.2 Å². The maximum absolute atomic E-state index is 14.6. The summed E-state index contributed by atoms with van der Waals surface area (Å²) in [6.45, 7) is 11.5. The third kappa shape index (κ3) is 5.95. The number of carbonyl (C=O) groups is 2. The molecule has 0 radical (unpaired) electrons. The molecule has 48 heavy (non-hydrogen) atoms. The smallest absolute Gasteiger partial charge is 0.410 e. The summed E-state index contributed by atoms with van der Waals surface area (Å²) in [4.78, 5) is 43.8. The molecule has 4 heterocycles. The number of anilines is 1. The van der Waals surface area contributed by atoms with Crippen LogP contribution in [-0.4, -0.2) is 107 Å². The first-order valence-corrected chi connectivity index (χ1v) is 18.2. The van der Waals surface area contributed by atoms with Crippen molar-refractivity contribution in [3.8, 4) is 6.01 Å². The van der Waals surface area contributed by atoms with Crippen LogP contribution >= 0.6 is 0 Å². The molecule has 12 heteroatoms. The van der Waals surface area contributed by atoms with Gasteiger partial charge in [-0.2, -0.15) is 9.97 Å². The fraction of sp³-hybridized carbons (Fsp3) is 0.778. The minimum absolute atomic E-state index is 0.157. The minimum Gasteiger partial charge on any atom is -0.459 e. The number of piperazine rings is 1. The second-order valence-electron chi connectivity index (χ2n) is 16.0. The van der Waals surface area contributed by atoms with E-state index in [1.807, 2.05) is 25.7 Å². The number of allylic oxidation sites excluding steroid dienone is 1. The van der Waals surface area contributed by atoms with Gasteiger partial charge in [-0.3, -0.25) is 14.6 Å². The van der Waals surface area contributed by atoms with Crippen molar-refractivity contribution in [3.63, 3.8) is 0 Å². The number of Topliss-reactive ketones (excluding diaryl/α,β-unsaturated/α-hetero) is 1. The van der Waals surface area contributed by atoms with Crippen LogP contribution in [0.4, 0.5) is 10.6 Å². The summed E-state index contributed by atoms with van der Waals surface area (Å²) in [7, 11) is 2.12. The predicted molar refractivity (Wildman–Crippen MR) is 180 cm³/mol. The number of nitrogens with zero attached hydrogens (tertiary/aromatic N) is 5. The molecule has 3 aliphatic carbocycles. The van der Waals surface area contributed by atoms with E-state index < -0.39 is 16.8 Å². The molecule has 12 nitrogen and oxygen atoms in total. The molecule has 1 aromatic rings. The van der Waals surface area contributed by atoms with Crippen molar-refractivity contribution < 1.29 is 28.5 Å². The Morgan fingerprint density at radius 1 is 1.00 bits per heavy atom. The summed E-state index contributed by atoms with van der Waals surface area (Å²) in [5.74, 6) is -0.314. The van der Waals surface area contributed by atoms with Crippen LogP contribution in [0.25, 0.3) is 0 Å². The Morgan fingerprint density at radius 3 is 2.42 bits per heavy atom. The van der Waals surface area contributed by atoms with Gasteiger partial charge in [-0.1, -0.05) is 6.42 Å². The Hall–Kier alpha value is -2.96. The first kappa shape index (κ1) is 33.5. The van der Waals surface area contributed by atoms with E-state index in [1.54, 1.807) is 6.07 Å². The summed E-state index contributed by atoms with van der Waals surface area (Å²) >= 11 is 0. The Kier molecular flexibility index (Phi) is 8.68. The quantitative estimate of drug-likeness (QED) is 0.420. The van der Waals surface area contributed by atoms with Crippen LogP contribution in [0.5, 0.6) is 6.01 Å². The first-order valence-electron chi connectivity index (χ1n) is 18.2. The number of carbonyl (C=O) groups excluding carboxylic acids is 2. The van der Waals surface area contributed by atoms with Gasteiger partial charge in [0.15, 0.2) is 5.79 Å². The number of likely N-dealkylation sites (tertiary alicyclic amines) is 1. The molecule has 3 aliphatic heterocycles. The van der Waals surface area contributed by atoms with Crippen LogP contribution in [0.3, 0.4) is 0 Å². The standard InChI is InChI=1S/C36H54N6O6/c1-24(27-11-9-17-40(27)5)47-31-38-26(22-28(39-31)41-18-19-42(34(23-41)15-16-34)32(44)48-33(2,3)4)29(43)25-10-8-13-35(30(25)37)12-6-7-14-36(35)45-20-21-46-36/h22,24,27H,6-21,23,37H2,1-5H3/t24-,27-,35-/m0/s1. The number of hydrogen-bond acceptors (Lipinski definition) is 11. The van der Waals surface area contributed by atoms with Crippen LogP contribution < -0.4 is 15.4 Å². The highest BCUT2D eigenvalue weighted by Crippen LogP contribution is 2.58. The van der Waals surface area contributed by atoms with Gasteiger partial charge in [0.2, 0.25) is 5.78 Å². The van der Waals surface area contributed by atoms with Crippen molar-refractivity contribution in [2.75, 3.05) is 51.3 Å². The molecule has 0 bridgehead atoms. The predicted octanol–water partition coefficient (Wildman–Crippen LogP) is 4.81. The largest absolute Gasteiger partial charge is 0.459 e. The van der Waals surface area contributed by atoms with Crippen LogP contribution in [0.15, 0.2) is 17.3 Å². The van der Waals surface area contributed by atoms with Crippen LogP contribution in [0.2, 0.25) is 0 Å². The van der Waals surface area contributed by atoms with Gasteiger partial charge in [-0.15, -0.1) is 0 Å². The van der Waals surface area contributed by atoms with Crippen molar-refractivity contribution >= 4 is 17.7 Å². The number of fused-ring (bicyclic) bond motifs is 1. The molecular weight excluding hydrogens is 612 g/mol. The van der Waals surface area contributed by atoms with Crippen LogP contribution in [0.1, 0.15) is 109 Å². The Balaban J connectivity index is 1.21. The van der Waals surface area contributed by atoms with E-state index in [1.165, 1.54) is 0 Å². The van der Waals surface area contributed by atoms with Gasteiger partial charge in [-0.25, -0.2) is 4.79 Å². The monoisotopic (exact) mass is 666 g/mol. The summed E-state index contributed by atoms with van der Waals surface area (Å²) in [6, 6.07) is 2.24. The molecule has 2 N–H and O–H groups in total. The number of amides is 1. The first-order chi connectivity index (χ1) is 22.9. The topological polar surface area (TPSA) is 133 Å². The maximum Gasteiger partial charge on any atom is 0.410 e. The van der Waals surface area contributed by atoms with Gasteiger partial charge < -0.3 is 29.6 Å². The fourth-order valence-corrected chi connectivity index (χ4v) is 9.13. The lowest BCUT2D eigenvalue weighted by molar-refractivity contribution is -0.248. The zero-order valence-electron chi connectivity index (χ0n) is 29.5. The highest BCUT2D eigenvalue weighted by Gasteiger charge is 2.60. The fourth-order valence-electron chi connectivity index (χ4n) is 9.13. The normalized spacial score (nSPS) is 29.1. The van der Waals surface area contributed by atoms with E-state index in [0.29, 0.717) is 56.4 Å². The third-order valence-corrected chi connectivity index (χ3v) is 11.7. The summed E-state index contributed by atoms with van der Waals surface area (Å²) in [6.07, 6.45) is 9.44. The van der Waals surface area contributed by atoms with E-state index in [0.717, 1.165) is 70.8 Å². The zero-order chi connectivity index (χ0) is 33.9. The molecule has 6 aliphatic rings. The zero-order valence-corrected chi connectivity index (χ0v) is 29.5. The molecule has 0 unspecified atom stereocenters. The Labute approximate surface area is 284 Å². The molecular formula is C36H54N6O6. The lowest BCUT2D eigenvalue weighted by atomic mass is 9.60. The van der Waals surface area contributed by atoms with Crippen LogP contribution in [-0.2, 0) is 14.2 Å². The second kappa shape index (κ2) is 12.4. The summed E-state index contributed by atoms with van der Waals surface area (Å²) < 4.78 is 24.9. The van der Waals surface area contributed by atoms with Gasteiger partial charge in [0.1, 0.15) is 23.2 Å². The Bertz CT molecular complexity index is 1450. The second-order valence-corrected chi connectivity index (χ2v) is 16.0.